The van der Waals surface area contributed by atoms with Gasteiger partial charge in [0.05, 0.1) is 0 Å². The summed E-state index contributed by atoms with van der Waals surface area (Å²) in [5.74, 6) is -0.368. The van der Waals surface area contributed by atoms with Gasteiger partial charge in [0.2, 0.25) is 5.88 Å². The molecular weight excluding hydrogens is 393 g/mol. The van der Waals surface area contributed by atoms with Crippen molar-refractivity contribution in [2.45, 2.75) is 12.6 Å². The number of ketones is 1. The van der Waals surface area contributed by atoms with E-state index in [-0.39, 0.29) is 18.1 Å². The smallest absolute Gasteiger partial charge is 0.422 e. The molecule has 2 aromatic heterocycles. The molecule has 3 rings (SSSR count). The van der Waals surface area contributed by atoms with Gasteiger partial charge in [0.15, 0.2) is 12.4 Å². The second-order valence-corrected chi connectivity index (χ2v) is 6.39. The molecule has 28 heavy (non-hydrogen) atoms. The Bertz CT molecular complexity index is 979. The van der Waals surface area contributed by atoms with Crippen LogP contribution in [0.4, 0.5) is 13.2 Å². The summed E-state index contributed by atoms with van der Waals surface area (Å²) in [7, 11) is 0. The third-order valence-electron chi connectivity index (χ3n) is 3.76. The zero-order valence-corrected chi connectivity index (χ0v) is 15.2. The third-order valence-corrected chi connectivity index (χ3v) is 4.00. The van der Waals surface area contributed by atoms with E-state index in [0.29, 0.717) is 27.3 Å². The number of pyridine rings is 2. The minimum absolute atomic E-state index is 0.0197. The summed E-state index contributed by atoms with van der Waals surface area (Å²) in [6, 6.07) is 11.4. The first-order valence-electron chi connectivity index (χ1n) is 8.19. The van der Waals surface area contributed by atoms with E-state index < -0.39 is 12.8 Å². The number of hydrogen-bond acceptors (Lipinski definition) is 4. The number of benzene rings is 1. The van der Waals surface area contributed by atoms with E-state index in [1.54, 1.807) is 48.7 Å². The van der Waals surface area contributed by atoms with Gasteiger partial charge in [-0.15, -0.1) is 0 Å². The van der Waals surface area contributed by atoms with Gasteiger partial charge < -0.3 is 4.74 Å². The van der Waals surface area contributed by atoms with Crippen LogP contribution in [0, 0.1) is 0 Å². The van der Waals surface area contributed by atoms with Gasteiger partial charge in [-0.25, -0.2) is 4.98 Å². The normalized spacial score (nSPS) is 11.3. The molecule has 0 spiro atoms. The van der Waals surface area contributed by atoms with Gasteiger partial charge in [0.25, 0.3) is 0 Å². The maximum absolute atomic E-state index is 12.6. The van der Waals surface area contributed by atoms with E-state index in [1.807, 2.05) is 0 Å². The van der Waals surface area contributed by atoms with E-state index in [0.717, 1.165) is 0 Å². The number of carbonyl (C=O) groups is 1. The van der Waals surface area contributed by atoms with Crippen molar-refractivity contribution in [3.63, 3.8) is 0 Å². The Morgan fingerprint density at radius 2 is 1.93 bits per heavy atom. The fourth-order valence-corrected chi connectivity index (χ4v) is 2.73. The van der Waals surface area contributed by atoms with Crippen LogP contribution in [-0.2, 0) is 6.42 Å². The van der Waals surface area contributed by atoms with E-state index in [9.17, 15) is 18.0 Å². The maximum atomic E-state index is 12.6. The molecular formula is C20H14ClF3N2O2. The number of halogens is 4. The number of carbonyl (C=O) groups excluding carboxylic acids is 1. The highest BCUT2D eigenvalue weighted by Crippen LogP contribution is 2.32. The molecule has 0 N–H and O–H groups in total. The lowest BCUT2D eigenvalue weighted by atomic mass is 10.0. The van der Waals surface area contributed by atoms with Crippen LogP contribution in [0.2, 0.25) is 5.02 Å². The first-order chi connectivity index (χ1) is 13.3. The van der Waals surface area contributed by atoms with Crippen molar-refractivity contribution in [3.8, 4) is 17.0 Å². The summed E-state index contributed by atoms with van der Waals surface area (Å²) in [5, 5.41) is 0.413. The Morgan fingerprint density at radius 3 is 2.61 bits per heavy atom. The monoisotopic (exact) mass is 406 g/mol. The van der Waals surface area contributed by atoms with Gasteiger partial charge in [-0.3, -0.25) is 9.78 Å². The molecule has 8 heteroatoms. The van der Waals surface area contributed by atoms with E-state index in [1.165, 1.54) is 12.4 Å². The Labute approximate surface area is 164 Å². The standard InChI is InChI=1S/C20H14ClF3N2O2/c21-16-5-1-3-14(9-16)17-7-13(8-18(27)15-4-2-6-25-11-15)10-26-19(17)28-12-20(22,23)24/h1-7,9-11H,8,12H2. The van der Waals surface area contributed by atoms with Crippen LogP contribution in [0.1, 0.15) is 15.9 Å². The second-order valence-electron chi connectivity index (χ2n) is 5.95. The second kappa shape index (κ2) is 8.39. The van der Waals surface area contributed by atoms with Crippen molar-refractivity contribution in [1.82, 2.24) is 9.97 Å². The van der Waals surface area contributed by atoms with Crippen LogP contribution in [0.3, 0.4) is 0 Å². The Balaban J connectivity index is 1.93. The van der Waals surface area contributed by atoms with Gasteiger partial charge in [-0.1, -0.05) is 23.7 Å². The third kappa shape index (κ3) is 5.29. The van der Waals surface area contributed by atoms with Crippen molar-refractivity contribution in [2.75, 3.05) is 6.61 Å². The predicted octanol–water partition coefficient (Wildman–Crippen LogP) is 5.16. The quantitative estimate of drug-likeness (QED) is 0.530. The van der Waals surface area contributed by atoms with Gasteiger partial charge >= 0.3 is 6.18 Å². The number of alkyl halides is 3. The predicted molar refractivity (Wildman–Crippen MR) is 98.5 cm³/mol. The number of nitrogens with zero attached hydrogens (tertiary/aromatic N) is 2. The zero-order chi connectivity index (χ0) is 20.1. The topological polar surface area (TPSA) is 52.1 Å². The van der Waals surface area contributed by atoms with E-state index in [4.69, 9.17) is 16.3 Å². The summed E-state index contributed by atoms with van der Waals surface area (Å²) >= 11 is 6.00. The number of ether oxygens (including phenoxy) is 1. The Hall–Kier alpha value is -2.93. The summed E-state index contributed by atoms with van der Waals surface area (Å²) in [4.78, 5) is 20.3. The molecule has 3 aromatic rings. The molecule has 0 aliphatic carbocycles. The molecule has 0 radical (unpaired) electrons. The molecule has 1 aromatic carbocycles. The molecule has 0 aliphatic rings. The molecule has 0 amide bonds. The molecule has 0 atom stereocenters. The van der Waals surface area contributed by atoms with Crippen molar-refractivity contribution >= 4 is 17.4 Å². The first-order valence-corrected chi connectivity index (χ1v) is 8.57. The molecule has 0 bridgehead atoms. The van der Waals surface area contributed by atoms with Crippen molar-refractivity contribution in [1.29, 1.82) is 0 Å². The SMILES string of the molecule is O=C(Cc1cnc(OCC(F)(F)F)c(-c2cccc(Cl)c2)c1)c1cccnc1. The van der Waals surface area contributed by atoms with Crippen LogP contribution in [0.5, 0.6) is 5.88 Å². The van der Waals surface area contributed by atoms with Gasteiger partial charge in [0.1, 0.15) is 0 Å². The molecule has 0 aliphatic heterocycles. The maximum Gasteiger partial charge on any atom is 0.422 e. The molecule has 0 fully saturated rings. The largest absolute Gasteiger partial charge is 0.468 e. The average Bonchev–Trinajstić information content (AvgIpc) is 2.67. The first kappa shape index (κ1) is 19.8. The fourth-order valence-electron chi connectivity index (χ4n) is 2.54. The van der Waals surface area contributed by atoms with Gasteiger partial charge in [0, 0.05) is 41.2 Å². The number of Topliss-reactive ketones (excluding diaryl/α,β-unsaturated/α-hetero) is 1. The minimum atomic E-state index is -4.50. The number of hydrogen-bond donors (Lipinski definition) is 0. The highest BCUT2D eigenvalue weighted by molar-refractivity contribution is 6.30. The van der Waals surface area contributed by atoms with Crippen LogP contribution in [0.25, 0.3) is 11.1 Å². The molecule has 0 saturated carbocycles. The van der Waals surface area contributed by atoms with Crippen LogP contribution >= 0.6 is 11.6 Å². The summed E-state index contributed by atoms with van der Waals surface area (Å²) in [6.07, 6.45) is -0.140. The molecule has 0 saturated heterocycles. The zero-order valence-electron chi connectivity index (χ0n) is 14.4. The molecule has 0 unspecified atom stereocenters. The average molecular weight is 407 g/mol. The van der Waals surface area contributed by atoms with Crippen LogP contribution < -0.4 is 4.74 Å². The summed E-state index contributed by atoms with van der Waals surface area (Å²) in [6.45, 7) is -1.47. The van der Waals surface area contributed by atoms with E-state index >= 15 is 0 Å². The lowest BCUT2D eigenvalue weighted by Gasteiger charge is -2.14. The molecule has 4 nitrogen and oxygen atoms in total. The highest BCUT2D eigenvalue weighted by Gasteiger charge is 2.29. The number of aromatic nitrogens is 2. The van der Waals surface area contributed by atoms with E-state index in [2.05, 4.69) is 9.97 Å². The highest BCUT2D eigenvalue weighted by atomic mass is 35.5. The molecule has 2 heterocycles. The van der Waals surface area contributed by atoms with Crippen LogP contribution in [0.15, 0.2) is 61.1 Å². The Morgan fingerprint density at radius 1 is 1.11 bits per heavy atom. The van der Waals surface area contributed by atoms with Crippen LogP contribution in [-0.4, -0.2) is 28.5 Å². The summed E-state index contributed by atoms with van der Waals surface area (Å²) in [5.41, 5.74) is 1.82. The lowest BCUT2D eigenvalue weighted by molar-refractivity contribution is -0.154. The van der Waals surface area contributed by atoms with Crippen molar-refractivity contribution in [2.24, 2.45) is 0 Å². The molecule has 144 valence electrons. The lowest BCUT2D eigenvalue weighted by Crippen LogP contribution is -2.20. The van der Waals surface area contributed by atoms with Gasteiger partial charge in [-0.05, 0) is 41.5 Å². The van der Waals surface area contributed by atoms with Crippen molar-refractivity contribution in [3.05, 3.63) is 77.2 Å². The van der Waals surface area contributed by atoms with Gasteiger partial charge in [-0.2, -0.15) is 13.2 Å². The minimum Gasteiger partial charge on any atom is -0.468 e. The van der Waals surface area contributed by atoms with Crippen molar-refractivity contribution < 1.29 is 22.7 Å². The summed E-state index contributed by atoms with van der Waals surface area (Å²) < 4.78 is 42.5. The Kier molecular flexibility index (Phi) is 5.94. The fraction of sp³-hybridized carbons (Fsp3) is 0.150. The number of rotatable bonds is 6.